The Labute approximate surface area is 229 Å². The number of fused-ring (bicyclic) bond motifs is 1. The summed E-state index contributed by atoms with van der Waals surface area (Å²) in [5, 5.41) is 18.6. The predicted molar refractivity (Wildman–Crippen MR) is 143 cm³/mol. The molecular weight excluding hydrogens is 521 g/mol. The summed E-state index contributed by atoms with van der Waals surface area (Å²) in [5.41, 5.74) is 0.222. The molecule has 0 bridgehead atoms. The molecule has 1 aliphatic heterocycles. The molecule has 1 aliphatic carbocycles. The summed E-state index contributed by atoms with van der Waals surface area (Å²) < 4.78 is 47.0. The molecule has 2 aliphatic rings. The molecule has 0 amide bonds. The van der Waals surface area contributed by atoms with Gasteiger partial charge in [-0.2, -0.15) is 13.2 Å². The zero-order valence-electron chi connectivity index (χ0n) is 22.6. The normalized spacial score (nSPS) is 21.6. The number of likely N-dealkylation sites (tertiary alicyclic amines) is 1. The van der Waals surface area contributed by atoms with Gasteiger partial charge in [0, 0.05) is 45.0 Å². The van der Waals surface area contributed by atoms with Crippen LogP contribution in [0.2, 0.25) is 0 Å². The molecule has 6 rings (SSSR count). The molecule has 212 valence electrons. The van der Waals surface area contributed by atoms with Crippen LogP contribution in [0.5, 0.6) is 0 Å². The van der Waals surface area contributed by atoms with Crippen LogP contribution in [0, 0.1) is 11.8 Å². The lowest BCUT2D eigenvalue weighted by Gasteiger charge is -2.34. The number of aliphatic hydroxyl groups excluding tert-OH is 1. The second-order valence-electron chi connectivity index (χ2n) is 11.5. The molecular formula is C29H33F3N6O2. The maximum absolute atomic E-state index is 14.2. The van der Waals surface area contributed by atoms with E-state index in [9.17, 15) is 23.1 Å². The Morgan fingerprint density at radius 2 is 1.95 bits per heavy atom. The van der Waals surface area contributed by atoms with Crippen molar-refractivity contribution in [2.24, 2.45) is 18.9 Å². The first-order valence-electron chi connectivity index (χ1n) is 13.8. The summed E-state index contributed by atoms with van der Waals surface area (Å²) in [5.74, 6) is 1.43. The molecule has 3 atom stereocenters. The SMILES string of the molecule is CC1C[C@H](O)CN(Cc2cc(C(F)(F)F)c3cn(-c4cccc([C@H](c5nncn5C)C5CCC5)c4)c(=O)n3c2)C1. The molecule has 1 N–H and O–H groups in total. The number of benzene rings is 1. The fourth-order valence-corrected chi connectivity index (χ4v) is 6.41. The van der Waals surface area contributed by atoms with Gasteiger partial charge in [0.2, 0.25) is 0 Å². The molecule has 8 nitrogen and oxygen atoms in total. The number of piperidine rings is 1. The zero-order chi connectivity index (χ0) is 28.2. The number of aryl methyl sites for hydroxylation is 1. The average molecular weight is 555 g/mol. The van der Waals surface area contributed by atoms with E-state index in [0.29, 0.717) is 36.7 Å². The number of rotatable bonds is 6. The van der Waals surface area contributed by atoms with Gasteiger partial charge in [-0.1, -0.05) is 25.5 Å². The van der Waals surface area contributed by atoms with Crippen LogP contribution in [0.3, 0.4) is 0 Å². The molecule has 1 saturated heterocycles. The Kier molecular flexibility index (Phi) is 6.82. The fourth-order valence-electron chi connectivity index (χ4n) is 6.41. The monoisotopic (exact) mass is 554 g/mol. The molecule has 40 heavy (non-hydrogen) atoms. The van der Waals surface area contributed by atoms with Crippen LogP contribution in [0.15, 0.2) is 53.8 Å². The van der Waals surface area contributed by atoms with Crippen LogP contribution in [-0.2, 0) is 19.8 Å². The van der Waals surface area contributed by atoms with Crippen molar-refractivity contribution in [3.8, 4) is 5.69 Å². The number of nitrogens with zero attached hydrogens (tertiary/aromatic N) is 6. The van der Waals surface area contributed by atoms with Crippen molar-refractivity contribution in [1.29, 1.82) is 0 Å². The second kappa shape index (κ2) is 10.2. The minimum Gasteiger partial charge on any atom is -0.392 e. The van der Waals surface area contributed by atoms with E-state index in [-0.39, 0.29) is 23.9 Å². The molecule has 4 heterocycles. The van der Waals surface area contributed by atoms with E-state index in [2.05, 4.69) is 10.2 Å². The van der Waals surface area contributed by atoms with Gasteiger partial charge in [0.05, 0.1) is 22.9 Å². The Bertz CT molecular complexity index is 1570. The largest absolute Gasteiger partial charge is 0.418 e. The molecule has 2 fully saturated rings. The van der Waals surface area contributed by atoms with Gasteiger partial charge in [-0.25, -0.2) is 4.79 Å². The molecule has 1 unspecified atom stereocenters. The van der Waals surface area contributed by atoms with Crippen LogP contribution < -0.4 is 5.69 Å². The van der Waals surface area contributed by atoms with Crippen molar-refractivity contribution in [3.05, 3.63) is 82.1 Å². The summed E-state index contributed by atoms with van der Waals surface area (Å²) in [6.45, 7) is 3.29. The minimum atomic E-state index is -4.64. The summed E-state index contributed by atoms with van der Waals surface area (Å²) in [4.78, 5) is 15.5. The first-order valence-corrected chi connectivity index (χ1v) is 13.8. The third-order valence-corrected chi connectivity index (χ3v) is 8.40. The van der Waals surface area contributed by atoms with E-state index in [1.54, 1.807) is 12.4 Å². The van der Waals surface area contributed by atoms with Crippen molar-refractivity contribution < 1.29 is 18.3 Å². The van der Waals surface area contributed by atoms with Crippen molar-refractivity contribution >= 4 is 5.52 Å². The van der Waals surface area contributed by atoms with Crippen molar-refractivity contribution in [2.45, 2.75) is 57.3 Å². The molecule has 3 aromatic heterocycles. The Balaban J connectivity index is 1.42. The molecule has 0 radical (unpaired) electrons. The maximum Gasteiger partial charge on any atom is 0.418 e. The number of hydrogen-bond donors (Lipinski definition) is 1. The first-order chi connectivity index (χ1) is 19.1. The van der Waals surface area contributed by atoms with Crippen molar-refractivity contribution in [3.63, 3.8) is 0 Å². The number of pyridine rings is 1. The number of hydrogen-bond acceptors (Lipinski definition) is 5. The van der Waals surface area contributed by atoms with Crippen LogP contribution in [0.1, 0.15) is 61.0 Å². The summed E-state index contributed by atoms with van der Waals surface area (Å²) in [7, 11) is 1.90. The first kappa shape index (κ1) is 26.8. The highest BCUT2D eigenvalue weighted by molar-refractivity contribution is 5.58. The smallest absolute Gasteiger partial charge is 0.392 e. The van der Waals surface area contributed by atoms with Crippen LogP contribution in [0.25, 0.3) is 11.2 Å². The van der Waals surface area contributed by atoms with Crippen LogP contribution >= 0.6 is 0 Å². The van der Waals surface area contributed by atoms with Gasteiger partial charge in [0.15, 0.2) is 0 Å². The van der Waals surface area contributed by atoms with Gasteiger partial charge >= 0.3 is 11.9 Å². The van der Waals surface area contributed by atoms with E-state index in [4.69, 9.17) is 0 Å². The summed E-state index contributed by atoms with van der Waals surface area (Å²) >= 11 is 0. The standard InChI is InChI=1S/C29H33F3N6O2/c1-18-9-23(39)15-36(12-18)13-19-10-24(29(30,31)32)25-16-37(28(40)38(25)14-19)22-8-4-7-21(11-22)26(20-5-3-6-20)27-34-33-17-35(27)2/h4,7-8,10-11,14,16-18,20,23,26,39H,3,5-6,9,12-13,15H2,1-2H3/t18?,23-,26+/m0/s1. The molecule has 4 aromatic rings. The number of halogens is 3. The van der Waals surface area contributed by atoms with E-state index >= 15 is 0 Å². The fraction of sp³-hybridized carbons (Fsp3) is 0.483. The Morgan fingerprint density at radius 1 is 1.15 bits per heavy atom. The topological polar surface area (TPSA) is 80.6 Å². The molecule has 0 spiro atoms. The van der Waals surface area contributed by atoms with E-state index in [0.717, 1.165) is 41.1 Å². The third kappa shape index (κ3) is 4.96. The van der Waals surface area contributed by atoms with Gasteiger partial charge in [0.1, 0.15) is 12.2 Å². The lowest BCUT2D eigenvalue weighted by Crippen LogP contribution is -2.41. The van der Waals surface area contributed by atoms with Gasteiger partial charge < -0.3 is 9.67 Å². The number of aliphatic hydroxyl groups is 1. The highest BCUT2D eigenvalue weighted by atomic mass is 19.4. The van der Waals surface area contributed by atoms with Gasteiger partial charge in [-0.15, -0.1) is 10.2 Å². The summed E-state index contributed by atoms with van der Waals surface area (Å²) in [6, 6.07) is 8.56. The number of imidazole rings is 1. The van der Waals surface area contributed by atoms with E-state index in [1.165, 1.54) is 17.0 Å². The lowest BCUT2D eigenvalue weighted by atomic mass is 9.72. The number of alkyl halides is 3. The van der Waals surface area contributed by atoms with Crippen molar-refractivity contribution in [2.75, 3.05) is 13.1 Å². The Morgan fingerprint density at radius 3 is 2.60 bits per heavy atom. The molecule has 11 heteroatoms. The third-order valence-electron chi connectivity index (χ3n) is 8.40. The van der Waals surface area contributed by atoms with E-state index in [1.807, 2.05) is 41.6 Å². The summed E-state index contributed by atoms with van der Waals surface area (Å²) in [6.07, 6.45) is 3.20. The highest BCUT2D eigenvalue weighted by Crippen LogP contribution is 2.43. The van der Waals surface area contributed by atoms with Crippen LogP contribution in [0.4, 0.5) is 13.2 Å². The average Bonchev–Trinajstić information content (AvgIpc) is 3.42. The maximum atomic E-state index is 14.2. The van der Waals surface area contributed by atoms with Crippen LogP contribution in [-0.4, -0.2) is 52.9 Å². The highest BCUT2D eigenvalue weighted by Gasteiger charge is 2.36. The van der Waals surface area contributed by atoms with Crippen molar-refractivity contribution in [1.82, 2.24) is 28.6 Å². The van der Waals surface area contributed by atoms with Gasteiger partial charge in [-0.3, -0.25) is 13.9 Å². The van der Waals surface area contributed by atoms with E-state index < -0.39 is 23.5 Å². The lowest BCUT2D eigenvalue weighted by molar-refractivity contribution is -0.136. The Hall–Kier alpha value is -3.44. The molecule has 1 saturated carbocycles. The quantitative estimate of drug-likeness (QED) is 0.383. The van der Waals surface area contributed by atoms with Gasteiger partial charge in [0.25, 0.3) is 0 Å². The molecule has 1 aromatic carbocycles. The zero-order valence-corrected chi connectivity index (χ0v) is 22.6. The predicted octanol–water partition coefficient (Wildman–Crippen LogP) is 4.37. The van der Waals surface area contributed by atoms with Gasteiger partial charge in [-0.05, 0) is 60.4 Å². The number of aromatic nitrogens is 5. The minimum absolute atomic E-state index is 0.0199. The second-order valence-corrected chi connectivity index (χ2v) is 11.5. The number of β-amino-alcohol motifs (C(OH)–C–C–N with tert-alkyl or cyclic N) is 1.